The lowest BCUT2D eigenvalue weighted by Gasteiger charge is -2.05. The number of hydrogen-bond donors (Lipinski definition) is 0. The zero-order chi connectivity index (χ0) is 18.0. The van der Waals surface area contributed by atoms with Gasteiger partial charge in [-0.1, -0.05) is 17.7 Å². The molecule has 0 aliphatic heterocycles. The molecule has 4 nitrogen and oxygen atoms in total. The Morgan fingerprint density at radius 1 is 1.28 bits per heavy atom. The van der Waals surface area contributed by atoms with Gasteiger partial charge in [-0.25, -0.2) is 13.6 Å². The number of carbonyl (C=O) groups is 1. The summed E-state index contributed by atoms with van der Waals surface area (Å²) >= 11 is 6.04. The molecule has 25 heavy (non-hydrogen) atoms. The van der Waals surface area contributed by atoms with Crippen molar-refractivity contribution in [1.82, 2.24) is 9.78 Å². The molecule has 0 N–H and O–H groups in total. The van der Waals surface area contributed by atoms with Gasteiger partial charge in [-0.3, -0.25) is 4.68 Å². The molecule has 0 amide bonds. The predicted molar refractivity (Wildman–Crippen MR) is 91.3 cm³/mol. The second-order valence-electron chi connectivity index (χ2n) is 5.30. The van der Waals surface area contributed by atoms with E-state index in [2.05, 4.69) is 9.84 Å². The number of ether oxygens (including phenoxy) is 1. The number of benzene rings is 2. The molecule has 0 bridgehead atoms. The SMILES string of the molecule is COC(=O)C=Cc1nn(Cc2ccc(F)cc2F)c2ccc(Cl)cc12. The first-order chi connectivity index (χ1) is 12.0. The second-order valence-corrected chi connectivity index (χ2v) is 5.73. The first-order valence-electron chi connectivity index (χ1n) is 7.34. The number of hydrogen-bond acceptors (Lipinski definition) is 3. The van der Waals surface area contributed by atoms with Gasteiger partial charge >= 0.3 is 5.97 Å². The Kier molecular flexibility index (Phi) is 4.81. The van der Waals surface area contributed by atoms with Crippen LogP contribution in [0.3, 0.4) is 0 Å². The molecule has 0 radical (unpaired) electrons. The monoisotopic (exact) mass is 362 g/mol. The van der Waals surface area contributed by atoms with E-state index in [9.17, 15) is 13.6 Å². The van der Waals surface area contributed by atoms with Crippen LogP contribution in [0.4, 0.5) is 8.78 Å². The van der Waals surface area contributed by atoms with Gasteiger partial charge in [-0.2, -0.15) is 5.10 Å². The molecule has 0 atom stereocenters. The van der Waals surface area contributed by atoms with Gasteiger partial charge < -0.3 is 4.74 Å². The fourth-order valence-electron chi connectivity index (χ4n) is 2.45. The van der Waals surface area contributed by atoms with Crippen molar-refractivity contribution in [3.05, 3.63) is 70.4 Å². The summed E-state index contributed by atoms with van der Waals surface area (Å²) in [4.78, 5) is 11.3. The minimum absolute atomic E-state index is 0.107. The van der Waals surface area contributed by atoms with Crippen LogP contribution in [0.2, 0.25) is 5.02 Å². The Morgan fingerprint density at radius 3 is 2.80 bits per heavy atom. The Bertz CT molecular complexity index is 983. The van der Waals surface area contributed by atoms with E-state index in [4.69, 9.17) is 11.6 Å². The van der Waals surface area contributed by atoms with E-state index >= 15 is 0 Å². The van der Waals surface area contributed by atoms with E-state index in [1.165, 1.54) is 31.4 Å². The van der Waals surface area contributed by atoms with Crippen LogP contribution in [0.1, 0.15) is 11.3 Å². The molecule has 0 aliphatic carbocycles. The van der Waals surface area contributed by atoms with E-state index in [0.717, 1.165) is 6.07 Å². The highest BCUT2D eigenvalue weighted by Gasteiger charge is 2.12. The molecule has 1 heterocycles. The molecular formula is C18H13ClF2N2O2. The summed E-state index contributed by atoms with van der Waals surface area (Å²) in [6.07, 6.45) is 2.74. The third-order valence-electron chi connectivity index (χ3n) is 3.65. The first-order valence-corrected chi connectivity index (χ1v) is 7.72. The molecule has 3 aromatic rings. The molecule has 0 unspecified atom stereocenters. The minimum atomic E-state index is -0.649. The van der Waals surface area contributed by atoms with Crippen LogP contribution in [-0.4, -0.2) is 22.9 Å². The van der Waals surface area contributed by atoms with E-state index < -0.39 is 17.6 Å². The Morgan fingerprint density at radius 2 is 2.08 bits per heavy atom. The predicted octanol–water partition coefficient (Wildman–Crippen LogP) is 4.20. The maximum atomic E-state index is 13.9. The summed E-state index contributed by atoms with van der Waals surface area (Å²) in [6, 6.07) is 8.55. The number of carbonyl (C=O) groups excluding carboxylic acids is 1. The third kappa shape index (κ3) is 3.69. The molecule has 2 aromatic carbocycles. The quantitative estimate of drug-likeness (QED) is 0.516. The van der Waals surface area contributed by atoms with Gasteiger partial charge in [-0.05, 0) is 30.3 Å². The van der Waals surface area contributed by atoms with Crippen molar-refractivity contribution in [3.8, 4) is 0 Å². The van der Waals surface area contributed by atoms with E-state index in [1.54, 1.807) is 22.9 Å². The number of halogens is 3. The first kappa shape index (κ1) is 17.1. The maximum absolute atomic E-state index is 13.9. The molecule has 0 saturated carbocycles. The topological polar surface area (TPSA) is 44.1 Å². The summed E-state index contributed by atoms with van der Waals surface area (Å²) in [6.45, 7) is 0.107. The average Bonchev–Trinajstić information content (AvgIpc) is 2.92. The van der Waals surface area contributed by atoms with Gasteiger partial charge in [-0.15, -0.1) is 0 Å². The number of aromatic nitrogens is 2. The van der Waals surface area contributed by atoms with Gasteiger partial charge in [0.05, 0.1) is 24.9 Å². The molecule has 128 valence electrons. The van der Waals surface area contributed by atoms with Crippen LogP contribution in [0.25, 0.3) is 17.0 Å². The van der Waals surface area contributed by atoms with Crippen LogP contribution in [-0.2, 0) is 16.1 Å². The lowest BCUT2D eigenvalue weighted by molar-refractivity contribution is -0.134. The van der Waals surface area contributed by atoms with Crippen molar-refractivity contribution in [2.75, 3.05) is 7.11 Å². The Hall–Kier alpha value is -2.73. The lowest BCUT2D eigenvalue weighted by Crippen LogP contribution is -2.04. The van der Waals surface area contributed by atoms with Gasteiger partial charge in [0.15, 0.2) is 0 Å². The largest absolute Gasteiger partial charge is 0.466 e. The highest BCUT2D eigenvalue weighted by Crippen LogP contribution is 2.25. The van der Waals surface area contributed by atoms with Crippen LogP contribution in [0.5, 0.6) is 0 Å². The zero-order valence-electron chi connectivity index (χ0n) is 13.2. The summed E-state index contributed by atoms with van der Waals surface area (Å²) in [5, 5.41) is 5.61. The van der Waals surface area contributed by atoms with Crippen LogP contribution in [0, 0.1) is 11.6 Å². The molecule has 0 spiro atoms. The molecule has 3 rings (SSSR count). The Balaban J connectivity index is 2.06. The number of fused-ring (bicyclic) bond motifs is 1. The smallest absolute Gasteiger partial charge is 0.330 e. The Labute approximate surface area is 147 Å². The van der Waals surface area contributed by atoms with Crippen molar-refractivity contribution < 1.29 is 18.3 Å². The third-order valence-corrected chi connectivity index (χ3v) is 3.89. The summed E-state index contributed by atoms with van der Waals surface area (Å²) in [5.41, 5.74) is 1.49. The number of nitrogens with zero attached hydrogens (tertiary/aromatic N) is 2. The summed E-state index contributed by atoms with van der Waals surface area (Å²) < 4.78 is 33.1. The molecule has 0 fully saturated rings. The molecule has 7 heteroatoms. The van der Waals surface area contributed by atoms with Crippen molar-refractivity contribution >= 4 is 34.5 Å². The highest BCUT2D eigenvalue weighted by atomic mass is 35.5. The number of esters is 1. The standard InChI is InChI=1S/C18H13ClF2N2O2/c1-25-18(24)7-5-16-14-8-12(19)3-6-17(14)23(22-16)10-11-2-4-13(20)9-15(11)21/h2-9H,10H2,1H3. The van der Waals surface area contributed by atoms with Gasteiger partial charge in [0, 0.05) is 28.1 Å². The molecule has 1 aromatic heterocycles. The zero-order valence-corrected chi connectivity index (χ0v) is 13.9. The van der Waals surface area contributed by atoms with Crippen molar-refractivity contribution in [2.45, 2.75) is 6.54 Å². The highest BCUT2D eigenvalue weighted by molar-refractivity contribution is 6.31. The molecule has 0 saturated heterocycles. The van der Waals surface area contributed by atoms with Crippen LogP contribution < -0.4 is 0 Å². The minimum Gasteiger partial charge on any atom is -0.466 e. The van der Waals surface area contributed by atoms with Crippen molar-refractivity contribution in [2.24, 2.45) is 0 Å². The van der Waals surface area contributed by atoms with E-state index in [-0.39, 0.29) is 6.54 Å². The van der Waals surface area contributed by atoms with Crippen molar-refractivity contribution in [3.63, 3.8) is 0 Å². The van der Waals surface area contributed by atoms with Crippen molar-refractivity contribution in [1.29, 1.82) is 0 Å². The van der Waals surface area contributed by atoms with Gasteiger partial charge in [0.1, 0.15) is 11.6 Å². The lowest BCUT2D eigenvalue weighted by atomic mass is 10.2. The van der Waals surface area contributed by atoms with E-state index in [0.29, 0.717) is 27.2 Å². The number of methoxy groups -OCH3 is 1. The van der Waals surface area contributed by atoms with Gasteiger partial charge in [0.25, 0.3) is 0 Å². The average molecular weight is 363 g/mol. The normalized spacial score (nSPS) is 11.4. The van der Waals surface area contributed by atoms with Gasteiger partial charge in [0.2, 0.25) is 0 Å². The maximum Gasteiger partial charge on any atom is 0.330 e. The molecule has 0 aliphatic rings. The van der Waals surface area contributed by atoms with Crippen LogP contribution in [0.15, 0.2) is 42.5 Å². The summed E-state index contributed by atoms with van der Waals surface area (Å²) in [7, 11) is 1.28. The fourth-order valence-corrected chi connectivity index (χ4v) is 2.62. The summed E-state index contributed by atoms with van der Waals surface area (Å²) in [5.74, 6) is -1.81. The van der Waals surface area contributed by atoms with Crippen LogP contribution >= 0.6 is 11.6 Å². The fraction of sp³-hybridized carbons (Fsp3) is 0.111. The second kappa shape index (κ2) is 7.03. The number of rotatable bonds is 4. The van der Waals surface area contributed by atoms with E-state index in [1.807, 2.05) is 0 Å². The molecular weight excluding hydrogens is 350 g/mol.